The minimum absolute atomic E-state index is 0.00890. The van der Waals surface area contributed by atoms with Gasteiger partial charge in [-0.3, -0.25) is 24.7 Å². The molecule has 160 valence electrons. The number of halogens is 1. The lowest BCUT2D eigenvalue weighted by molar-refractivity contribution is -0.384. The highest BCUT2D eigenvalue weighted by Gasteiger charge is 2.47. The lowest BCUT2D eigenvalue weighted by Crippen LogP contribution is -2.30. The molecule has 0 aliphatic carbocycles. The maximum atomic E-state index is 14.8. The van der Waals surface area contributed by atoms with E-state index in [1.807, 2.05) is 0 Å². The molecule has 0 radical (unpaired) electrons. The molecule has 1 amide bonds. The molecule has 8 nitrogen and oxygen atoms in total. The number of benzene rings is 2. The quantitative estimate of drug-likeness (QED) is 0.216. The summed E-state index contributed by atoms with van der Waals surface area (Å²) >= 11 is 0. The molecule has 2 aromatic carbocycles. The van der Waals surface area contributed by atoms with Gasteiger partial charge in [-0.25, -0.2) is 4.39 Å². The molecule has 1 aromatic heterocycles. The summed E-state index contributed by atoms with van der Waals surface area (Å²) in [6, 6.07) is 14.4. The Labute approximate surface area is 181 Å². The number of nitro benzene ring substituents is 1. The van der Waals surface area contributed by atoms with E-state index in [9.17, 15) is 29.2 Å². The number of rotatable bonds is 5. The molecule has 9 heteroatoms. The van der Waals surface area contributed by atoms with E-state index in [0.29, 0.717) is 5.69 Å². The van der Waals surface area contributed by atoms with Crippen molar-refractivity contribution in [1.29, 1.82) is 0 Å². The summed E-state index contributed by atoms with van der Waals surface area (Å²) in [5, 5.41) is 22.1. The van der Waals surface area contributed by atoms with Gasteiger partial charge >= 0.3 is 0 Å². The van der Waals surface area contributed by atoms with Crippen LogP contribution in [-0.4, -0.2) is 31.6 Å². The predicted molar refractivity (Wildman–Crippen MR) is 112 cm³/mol. The molecule has 0 spiro atoms. The molecule has 1 atom stereocenters. The number of aromatic nitrogens is 1. The van der Waals surface area contributed by atoms with E-state index in [-0.39, 0.29) is 28.9 Å². The van der Waals surface area contributed by atoms with Gasteiger partial charge in [0, 0.05) is 29.5 Å². The van der Waals surface area contributed by atoms with Crippen molar-refractivity contribution in [1.82, 2.24) is 9.88 Å². The fourth-order valence-corrected chi connectivity index (χ4v) is 3.65. The van der Waals surface area contributed by atoms with Crippen LogP contribution in [-0.2, 0) is 16.1 Å². The number of ketones is 1. The number of aliphatic hydroxyl groups excluding tert-OH is 1. The monoisotopic (exact) mass is 433 g/mol. The number of amides is 1. The number of nitrogens with zero attached hydrogens (tertiary/aromatic N) is 3. The zero-order valence-corrected chi connectivity index (χ0v) is 16.5. The summed E-state index contributed by atoms with van der Waals surface area (Å²) in [5.74, 6) is -3.24. The molecular formula is C23H16FN3O5. The van der Waals surface area contributed by atoms with Crippen LogP contribution in [0.3, 0.4) is 0 Å². The van der Waals surface area contributed by atoms with Crippen LogP contribution in [0.2, 0.25) is 0 Å². The van der Waals surface area contributed by atoms with Crippen LogP contribution in [0, 0.1) is 15.9 Å². The predicted octanol–water partition coefficient (Wildman–Crippen LogP) is 3.75. The largest absolute Gasteiger partial charge is 0.507 e. The van der Waals surface area contributed by atoms with Gasteiger partial charge in [-0.2, -0.15) is 0 Å². The highest BCUT2D eigenvalue weighted by atomic mass is 19.1. The zero-order valence-electron chi connectivity index (χ0n) is 16.5. The second kappa shape index (κ2) is 8.38. The third kappa shape index (κ3) is 3.71. The SMILES string of the molecule is O=C1C(=O)N(Cc2ccccn2)C(c2ccccc2F)/C1=C(\O)c1cccc([N+](=O)[O-])c1. The number of Topliss-reactive ketones (excluding diaryl/α,β-unsaturated/α-hetero) is 1. The lowest BCUT2D eigenvalue weighted by atomic mass is 9.94. The summed E-state index contributed by atoms with van der Waals surface area (Å²) in [5.41, 5.74) is -0.215. The topological polar surface area (TPSA) is 114 Å². The fourth-order valence-electron chi connectivity index (χ4n) is 3.65. The Balaban J connectivity index is 1.90. The maximum absolute atomic E-state index is 14.8. The van der Waals surface area contributed by atoms with E-state index in [4.69, 9.17) is 0 Å². The van der Waals surface area contributed by atoms with Crippen LogP contribution in [0.5, 0.6) is 0 Å². The first-order valence-corrected chi connectivity index (χ1v) is 9.56. The normalized spacial score (nSPS) is 17.5. The summed E-state index contributed by atoms with van der Waals surface area (Å²) < 4.78 is 14.8. The Morgan fingerprint density at radius 2 is 1.84 bits per heavy atom. The standard InChI is InChI=1S/C23H16FN3O5/c24-18-10-2-1-9-17(18)20-19(21(28)14-6-5-8-16(12-14)27(31)32)22(29)23(30)26(20)13-15-7-3-4-11-25-15/h1-12,20,28H,13H2/b21-19+. The van der Waals surface area contributed by atoms with Gasteiger partial charge in [-0.05, 0) is 18.2 Å². The van der Waals surface area contributed by atoms with E-state index < -0.39 is 34.2 Å². The summed E-state index contributed by atoms with van der Waals surface area (Å²) in [4.78, 5) is 41.6. The maximum Gasteiger partial charge on any atom is 0.296 e. The third-order valence-electron chi connectivity index (χ3n) is 5.13. The second-order valence-corrected chi connectivity index (χ2v) is 7.08. The van der Waals surface area contributed by atoms with Gasteiger partial charge in [0.1, 0.15) is 11.6 Å². The van der Waals surface area contributed by atoms with Crippen molar-refractivity contribution in [3.05, 3.63) is 111 Å². The highest BCUT2D eigenvalue weighted by molar-refractivity contribution is 6.46. The first-order valence-electron chi connectivity index (χ1n) is 9.56. The first kappa shape index (κ1) is 20.9. The second-order valence-electron chi connectivity index (χ2n) is 7.08. The van der Waals surface area contributed by atoms with Gasteiger partial charge in [0.15, 0.2) is 0 Å². The van der Waals surface area contributed by atoms with E-state index in [0.717, 1.165) is 11.0 Å². The van der Waals surface area contributed by atoms with E-state index in [1.54, 1.807) is 24.3 Å². The van der Waals surface area contributed by atoms with Crippen LogP contribution in [0.25, 0.3) is 5.76 Å². The van der Waals surface area contributed by atoms with Crippen LogP contribution >= 0.6 is 0 Å². The van der Waals surface area contributed by atoms with Gasteiger partial charge in [-0.1, -0.05) is 36.4 Å². The fraction of sp³-hybridized carbons (Fsp3) is 0.0870. The van der Waals surface area contributed by atoms with Crippen LogP contribution in [0.1, 0.15) is 22.9 Å². The van der Waals surface area contributed by atoms with Gasteiger partial charge < -0.3 is 10.0 Å². The first-order chi connectivity index (χ1) is 15.4. The third-order valence-corrected chi connectivity index (χ3v) is 5.13. The van der Waals surface area contributed by atoms with E-state index >= 15 is 0 Å². The number of carbonyl (C=O) groups excluding carboxylic acids is 2. The number of nitro groups is 1. The minimum atomic E-state index is -1.24. The van der Waals surface area contributed by atoms with Crippen molar-refractivity contribution in [2.24, 2.45) is 0 Å². The van der Waals surface area contributed by atoms with Crippen molar-refractivity contribution in [2.75, 3.05) is 0 Å². The van der Waals surface area contributed by atoms with Crippen molar-refractivity contribution >= 4 is 23.1 Å². The van der Waals surface area contributed by atoms with Crippen LogP contribution < -0.4 is 0 Å². The lowest BCUT2D eigenvalue weighted by Gasteiger charge is -2.25. The molecule has 1 fully saturated rings. The van der Waals surface area contributed by atoms with Gasteiger partial charge in [-0.15, -0.1) is 0 Å². The molecule has 0 saturated carbocycles. The number of hydrogen-bond donors (Lipinski definition) is 1. The van der Waals surface area contributed by atoms with Gasteiger partial charge in [0.25, 0.3) is 17.4 Å². The molecule has 4 rings (SSSR count). The Morgan fingerprint density at radius 3 is 2.53 bits per heavy atom. The van der Waals surface area contributed by atoms with Crippen molar-refractivity contribution in [2.45, 2.75) is 12.6 Å². The van der Waals surface area contributed by atoms with Crippen molar-refractivity contribution in [3.8, 4) is 0 Å². The number of aliphatic hydroxyl groups is 1. The smallest absolute Gasteiger partial charge is 0.296 e. The van der Waals surface area contributed by atoms with Gasteiger partial charge in [0.05, 0.1) is 28.8 Å². The summed E-state index contributed by atoms with van der Waals surface area (Å²) in [6.07, 6.45) is 1.52. The molecule has 3 aromatic rings. The average molecular weight is 433 g/mol. The highest BCUT2D eigenvalue weighted by Crippen LogP contribution is 2.41. The number of carbonyl (C=O) groups is 2. The summed E-state index contributed by atoms with van der Waals surface area (Å²) in [6.45, 7) is -0.101. The van der Waals surface area contributed by atoms with Crippen molar-refractivity contribution in [3.63, 3.8) is 0 Å². The van der Waals surface area contributed by atoms with Crippen LogP contribution in [0.15, 0.2) is 78.5 Å². The number of pyridine rings is 1. The molecule has 1 aliphatic rings. The molecule has 1 aliphatic heterocycles. The average Bonchev–Trinajstić information content (AvgIpc) is 3.04. The number of non-ortho nitro benzene ring substituents is 1. The number of likely N-dealkylation sites (tertiary alicyclic amines) is 1. The molecule has 1 saturated heterocycles. The number of hydrogen-bond acceptors (Lipinski definition) is 6. The van der Waals surface area contributed by atoms with Crippen LogP contribution in [0.4, 0.5) is 10.1 Å². The molecule has 1 unspecified atom stereocenters. The molecule has 0 bridgehead atoms. The van der Waals surface area contributed by atoms with Gasteiger partial charge in [0.2, 0.25) is 0 Å². The Kier molecular flexibility index (Phi) is 5.46. The zero-order chi connectivity index (χ0) is 22.8. The Morgan fingerprint density at radius 1 is 1.09 bits per heavy atom. The minimum Gasteiger partial charge on any atom is -0.507 e. The molecular weight excluding hydrogens is 417 g/mol. The Hall–Kier alpha value is -4.40. The van der Waals surface area contributed by atoms with E-state index in [2.05, 4.69) is 4.98 Å². The Bertz CT molecular complexity index is 1260. The van der Waals surface area contributed by atoms with E-state index in [1.165, 1.54) is 42.6 Å². The molecule has 2 heterocycles. The summed E-state index contributed by atoms with van der Waals surface area (Å²) in [7, 11) is 0. The van der Waals surface area contributed by atoms with Crippen molar-refractivity contribution < 1.29 is 24.0 Å². The molecule has 1 N–H and O–H groups in total. The molecule has 32 heavy (non-hydrogen) atoms.